The third kappa shape index (κ3) is 2.80. The van der Waals surface area contributed by atoms with Crippen molar-refractivity contribution in [3.8, 4) is 0 Å². The fourth-order valence-corrected chi connectivity index (χ4v) is 1.00. The second-order valence-electron chi connectivity index (χ2n) is 2.98. The molecule has 0 heterocycles. The molecule has 0 unspecified atom stereocenters. The molecule has 0 aliphatic rings. The van der Waals surface area contributed by atoms with Crippen LogP contribution in [0.25, 0.3) is 0 Å². The molecule has 1 nitrogen and oxygen atoms in total. The normalized spacial score (nSPS) is 11.1. The molecule has 0 aliphatic carbocycles. The zero-order valence-electron chi connectivity index (χ0n) is 5.99. The Kier molecular flexibility index (Phi) is 2.62. The van der Waals surface area contributed by atoms with Gasteiger partial charge in [-0.2, -0.15) is 0 Å². The molecular formula is C7H11BrO. The molecule has 9 heavy (non-hydrogen) atoms. The first kappa shape index (κ1) is 8.89. The average Bonchev–Trinajstić information content (AvgIpc) is 1.62. The molecule has 0 spiro atoms. The fourth-order valence-electron chi connectivity index (χ4n) is 0.407. The molecule has 52 valence electrons. The van der Waals surface area contributed by atoms with Crippen LogP contribution in [0, 0.1) is 5.41 Å². The summed E-state index contributed by atoms with van der Waals surface area (Å²) in [6.07, 6.45) is 0. The van der Waals surface area contributed by atoms with Crippen molar-refractivity contribution >= 4 is 21.7 Å². The summed E-state index contributed by atoms with van der Waals surface area (Å²) in [6.45, 7) is 9.08. The van der Waals surface area contributed by atoms with E-state index in [2.05, 4.69) is 22.5 Å². The van der Waals surface area contributed by atoms with Gasteiger partial charge in [0.2, 0.25) is 0 Å². The van der Waals surface area contributed by atoms with Crippen molar-refractivity contribution in [3.05, 3.63) is 11.1 Å². The number of hydrogen-bond acceptors (Lipinski definition) is 1. The summed E-state index contributed by atoms with van der Waals surface area (Å²) < 4.78 is 0.454. The Morgan fingerprint density at radius 2 is 1.78 bits per heavy atom. The van der Waals surface area contributed by atoms with Crippen LogP contribution in [0.4, 0.5) is 0 Å². The molecule has 0 fully saturated rings. The third-order valence-electron chi connectivity index (χ3n) is 0.928. The van der Waals surface area contributed by atoms with E-state index in [1.54, 1.807) is 0 Å². The predicted octanol–water partition coefficient (Wildman–Crippen LogP) is 2.51. The number of ketones is 1. The van der Waals surface area contributed by atoms with Gasteiger partial charge in [0.15, 0.2) is 5.78 Å². The van der Waals surface area contributed by atoms with Crippen molar-refractivity contribution in [3.63, 3.8) is 0 Å². The second kappa shape index (κ2) is 2.65. The lowest BCUT2D eigenvalue weighted by Gasteiger charge is -2.14. The van der Waals surface area contributed by atoms with Gasteiger partial charge >= 0.3 is 0 Å². The van der Waals surface area contributed by atoms with Gasteiger partial charge in [0.25, 0.3) is 0 Å². The molecule has 0 atom stereocenters. The highest BCUT2D eigenvalue weighted by atomic mass is 79.9. The molecule has 0 bridgehead atoms. The smallest absolute Gasteiger partial charge is 0.174 e. The van der Waals surface area contributed by atoms with Gasteiger partial charge in [0, 0.05) is 5.41 Å². The molecule has 0 aromatic rings. The van der Waals surface area contributed by atoms with Crippen LogP contribution in [0.15, 0.2) is 11.1 Å². The van der Waals surface area contributed by atoms with Crippen LogP contribution in [0.1, 0.15) is 20.8 Å². The molecule has 0 saturated heterocycles. The van der Waals surface area contributed by atoms with Crippen LogP contribution in [0.3, 0.4) is 0 Å². The van der Waals surface area contributed by atoms with Gasteiger partial charge in [-0.25, -0.2) is 0 Å². The van der Waals surface area contributed by atoms with Crippen molar-refractivity contribution in [2.45, 2.75) is 20.8 Å². The number of allylic oxidation sites excluding steroid dienone is 1. The Hall–Kier alpha value is -0.110. The van der Waals surface area contributed by atoms with Crippen LogP contribution in [0.5, 0.6) is 0 Å². The molecule has 2 heteroatoms. The van der Waals surface area contributed by atoms with Crippen LogP contribution < -0.4 is 0 Å². The van der Waals surface area contributed by atoms with Gasteiger partial charge in [0.05, 0.1) is 4.48 Å². The van der Waals surface area contributed by atoms with E-state index in [-0.39, 0.29) is 11.2 Å². The number of halogens is 1. The molecule has 0 N–H and O–H groups in total. The maximum absolute atomic E-state index is 11.0. The SMILES string of the molecule is C=C(Br)C(=O)C(C)(C)C. The third-order valence-corrected chi connectivity index (χ3v) is 1.29. The van der Waals surface area contributed by atoms with Gasteiger partial charge in [-0.05, 0) is 15.9 Å². The molecule has 0 saturated carbocycles. The van der Waals surface area contributed by atoms with Crippen molar-refractivity contribution in [2.75, 3.05) is 0 Å². The van der Waals surface area contributed by atoms with Crippen molar-refractivity contribution < 1.29 is 4.79 Å². The highest BCUT2D eigenvalue weighted by Gasteiger charge is 2.21. The minimum absolute atomic E-state index is 0.0579. The highest BCUT2D eigenvalue weighted by molar-refractivity contribution is 9.12. The van der Waals surface area contributed by atoms with Gasteiger partial charge in [-0.3, -0.25) is 4.79 Å². The van der Waals surface area contributed by atoms with Gasteiger partial charge in [0.1, 0.15) is 0 Å². The van der Waals surface area contributed by atoms with E-state index in [1.807, 2.05) is 20.8 Å². The lowest BCUT2D eigenvalue weighted by Crippen LogP contribution is -2.19. The van der Waals surface area contributed by atoms with Crippen molar-refractivity contribution in [2.24, 2.45) is 5.41 Å². The molecule has 0 aromatic carbocycles. The summed E-state index contributed by atoms with van der Waals surface area (Å²) in [5.74, 6) is 0.0579. The summed E-state index contributed by atoms with van der Waals surface area (Å²) in [5.41, 5.74) is -0.305. The summed E-state index contributed by atoms with van der Waals surface area (Å²) in [4.78, 5) is 11.0. The van der Waals surface area contributed by atoms with Gasteiger partial charge in [-0.1, -0.05) is 27.4 Å². The van der Waals surface area contributed by atoms with Crippen LogP contribution in [-0.2, 0) is 4.79 Å². The number of rotatable bonds is 1. The maximum atomic E-state index is 11.0. The van der Waals surface area contributed by atoms with E-state index in [1.165, 1.54) is 0 Å². The molecular weight excluding hydrogens is 180 g/mol. The molecule has 0 amide bonds. The standard InChI is InChI=1S/C7H11BrO/c1-5(8)6(9)7(2,3)4/h1H2,2-4H3. The van der Waals surface area contributed by atoms with Crippen molar-refractivity contribution in [1.29, 1.82) is 0 Å². The fraction of sp³-hybridized carbons (Fsp3) is 0.571. The first-order valence-corrected chi connectivity index (χ1v) is 3.54. The lowest BCUT2D eigenvalue weighted by atomic mass is 9.91. The molecule has 0 rings (SSSR count). The summed E-state index contributed by atoms with van der Waals surface area (Å²) in [6, 6.07) is 0. The van der Waals surface area contributed by atoms with E-state index in [0.29, 0.717) is 4.48 Å². The van der Waals surface area contributed by atoms with E-state index >= 15 is 0 Å². The maximum Gasteiger partial charge on any atom is 0.174 e. The lowest BCUT2D eigenvalue weighted by molar-refractivity contribution is -0.121. The van der Waals surface area contributed by atoms with E-state index in [9.17, 15) is 4.79 Å². The Morgan fingerprint density at radius 1 is 1.44 bits per heavy atom. The monoisotopic (exact) mass is 190 g/mol. The number of carbonyl (C=O) groups is 1. The molecule has 0 aromatic heterocycles. The van der Waals surface area contributed by atoms with Crippen LogP contribution in [0.2, 0.25) is 0 Å². The molecule has 0 aliphatic heterocycles. The quantitative estimate of drug-likeness (QED) is 0.582. The zero-order valence-corrected chi connectivity index (χ0v) is 7.58. The first-order valence-electron chi connectivity index (χ1n) is 2.75. The Balaban J connectivity index is 4.23. The minimum atomic E-state index is -0.305. The van der Waals surface area contributed by atoms with Gasteiger partial charge < -0.3 is 0 Å². The largest absolute Gasteiger partial charge is 0.293 e. The van der Waals surface area contributed by atoms with E-state index in [0.717, 1.165) is 0 Å². The second-order valence-corrected chi connectivity index (χ2v) is 3.94. The number of Topliss-reactive ketones (excluding diaryl/α,β-unsaturated/α-hetero) is 1. The first-order chi connectivity index (χ1) is 3.85. The Bertz CT molecular complexity index is 141. The van der Waals surface area contributed by atoms with Crippen LogP contribution in [-0.4, -0.2) is 5.78 Å². The van der Waals surface area contributed by atoms with E-state index < -0.39 is 0 Å². The van der Waals surface area contributed by atoms with Gasteiger partial charge in [-0.15, -0.1) is 0 Å². The van der Waals surface area contributed by atoms with Crippen molar-refractivity contribution in [1.82, 2.24) is 0 Å². The minimum Gasteiger partial charge on any atom is -0.293 e. The van der Waals surface area contributed by atoms with Crippen LogP contribution >= 0.6 is 15.9 Å². The predicted molar refractivity (Wildman–Crippen MR) is 42.5 cm³/mol. The Morgan fingerprint density at radius 3 is 1.78 bits per heavy atom. The Labute approximate surface area is 64.3 Å². The number of carbonyl (C=O) groups excluding carboxylic acids is 1. The molecule has 0 radical (unpaired) electrons. The zero-order chi connectivity index (χ0) is 7.65. The summed E-state index contributed by atoms with van der Waals surface area (Å²) in [7, 11) is 0. The average molecular weight is 191 g/mol. The summed E-state index contributed by atoms with van der Waals surface area (Å²) in [5, 5.41) is 0. The van der Waals surface area contributed by atoms with E-state index in [4.69, 9.17) is 0 Å². The summed E-state index contributed by atoms with van der Waals surface area (Å²) >= 11 is 3.03. The highest BCUT2D eigenvalue weighted by Crippen LogP contribution is 2.21. The topological polar surface area (TPSA) is 17.1 Å². The number of hydrogen-bond donors (Lipinski definition) is 0.